The van der Waals surface area contributed by atoms with E-state index in [0.717, 1.165) is 28.6 Å². The molecule has 0 spiro atoms. The van der Waals surface area contributed by atoms with Gasteiger partial charge >= 0.3 is 0 Å². The summed E-state index contributed by atoms with van der Waals surface area (Å²) >= 11 is 1.69. The summed E-state index contributed by atoms with van der Waals surface area (Å²) in [7, 11) is 1.64. The molecule has 6 heteroatoms. The van der Waals surface area contributed by atoms with Crippen LogP contribution in [0.15, 0.2) is 60.8 Å². The van der Waals surface area contributed by atoms with E-state index in [4.69, 9.17) is 4.74 Å². The van der Waals surface area contributed by atoms with Crippen molar-refractivity contribution in [1.29, 1.82) is 0 Å². The molecule has 2 heterocycles. The number of carbonyl (C=O) groups excluding carboxylic acids is 1. The maximum atomic E-state index is 12.8. The van der Waals surface area contributed by atoms with Crippen molar-refractivity contribution >= 4 is 22.9 Å². The van der Waals surface area contributed by atoms with Crippen LogP contribution in [0, 0.1) is 0 Å². The van der Waals surface area contributed by atoms with E-state index >= 15 is 0 Å². The van der Waals surface area contributed by atoms with E-state index in [1.807, 2.05) is 53.6 Å². The maximum Gasteiger partial charge on any atom is 0.241 e. The Morgan fingerprint density at radius 2 is 2.00 bits per heavy atom. The number of rotatable bonds is 5. The van der Waals surface area contributed by atoms with Crippen molar-refractivity contribution in [2.45, 2.75) is 19.5 Å². The molecule has 1 aliphatic rings. The van der Waals surface area contributed by atoms with Crippen LogP contribution in [0.4, 0.5) is 5.69 Å². The predicted octanol–water partition coefficient (Wildman–Crippen LogP) is 4.06. The number of carbonyl (C=O) groups is 1. The van der Waals surface area contributed by atoms with Crippen molar-refractivity contribution in [3.63, 3.8) is 0 Å². The zero-order valence-electron chi connectivity index (χ0n) is 16.0. The second kappa shape index (κ2) is 8.12. The Hall–Kier alpha value is -2.70. The number of hydrogen-bond acceptors (Lipinski definition) is 5. The first kappa shape index (κ1) is 18.7. The molecule has 4 rings (SSSR count). The number of piperazine rings is 1. The van der Waals surface area contributed by atoms with E-state index in [2.05, 4.69) is 28.9 Å². The Kier molecular flexibility index (Phi) is 5.41. The molecule has 5 nitrogen and oxygen atoms in total. The van der Waals surface area contributed by atoms with Crippen LogP contribution >= 0.6 is 11.3 Å². The molecule has 3 aromatic rings. The number of aromatic nitrogens is 1. The van der Waals surface area contributed by atoms with Crippen molar-refractivity contribution in [2.75, 3.05) is 25.1 Å². The highest BCUT2D eigenvalue weighted by atomic mass is 32.1. The minimum Gasteiger partial charge on any atom is -0.497 e. The van der Waals surface area contributed by atoms with Crippen LogP contribution in [-0.4, -0.2) is 42.0 Å². The van der Waals surface area contributed by atoms with Crippen LogP contribution in [-0.2, 0) is 11.3 Å². The van der Waals surface area contributed by atoms with Gasteiger partial charge < -0.3 is 9.64 Å². The average Bonchev–Trinajstić information content (AvgIpc) is 3.20. The first-order valence-corrected chi connectivity index (χ1v) is 10.1. The molecule has 28 heavy (non-hydrogen) atoms. The first-order valence-electron chi connectivity index (χ1n) is 9.32. The Morgan fingerprint density at radius 1 is 1.18 bits per heavy atom. The van der Waals surface area contributed by atoms with Gasteiger partial charge in [0.05, 0.1) is 13.7 Å². The second-order valence-electron chi connectivity index (χ2n) is 6.96. The fraction of sp³-hybridized carbons (Fsp3) is 0.273. The molecule has 144 valence electrons. The Bertz CT molecular complexity index is 957. The molecule has 1 fully saturated rings. The highest BCUT2D eigenvalue weighted by molar-refractivity contribution is 7.15. The van der Waals surface area contributed by atoms with E-state index in [1.54, 1.807) is 18.4 Å². The number of thiazole rings is 1. The first-order chi connectivity index (χ1) is 13.6. The van der Waals surface area contributed by atoms with Crippen LogP contribution in [0.3, 0.4) is 0 Å². The van der Waals surface area contributed by atoms with Gasteiger partial charge in [0.15, 0.2) is 0 Å². The Morgan fingerprint density at radius 3 is 2.79 bits per heavy atom. The van der Waals surface area contributed by atoms with Gasteiger partial charge in [0.1, 0.15) is 10.8 Å². The number of benzene rings is 2. The van der Waals surface area contributed by atoms with Crippen molar-refractivity contribution in [2.24, 2.45) is 0 Å². The molecule has 1 amide bonds. The summed E-state index contributed by atoms with van der Waals surface area (Å²) in [5, 5.41) is 1.02. The Labute approximate surface area is 169 Å². The molecule has 0 aliphatic carbocycles. The number of ether oxygens (including phenoxy) is 1. The van der Waals surface area contributed by atoms with Crippen molar-refractivity contribution in [3.8, 4) is 16.3 Å². The van der Waals surface area contributed by atoms with Crippen molar-refractivity contribution < 1.29 is 9.53 Å². The molecule has 2 aromatic carbocycles. The normalized spacial score (nSPS) is 17.7. The van der Waals surface area contributed by atoms with E-state index in [0.29, 0.717) is 13.1 Å². The summed E-state index contributed by atoms with van der Waals surface area (Å²) in [4.78, 5) is 22.6. The van der Waals surface area contributed by atoms with Gasteiger partial charge in [-0.15, -0.1) is 11.3 Å². The SMILES string of the molecule is COc1cccc(N2C[C@H](C)N(Cc3cnc(-c4ccccc4)s3)CC2=O)c1. The zero-order chi connectivity index (χ0) is 19.5. The van der Waals surface area contributed by atoms with Gasteiger partial charge in [-0.1, -0.05) is 36.4 Å². The summed E-state index contributed by atoms with van der Waals surface area (Å²) in [5.41, 5.74) is 2.02. The number of amides is 1. The standard InChI is InChI=1S/C22H23N3O2S/c1-16-13-25(18-9-6-10-19(11-18)27-2)21(26)15-24(16)14-20-12-23-22(28-20)17-7-4-3-5-8-17/h3-12,16H,13-15H2,1-2H3/t16-/m0/s1. The number of hydrogen-bond donors (Lipinski definition) is 0. The summed E-state index contributed by atoms with van der Waals surface area (Å²) in [6.07, 6.45) is 1.93. The highest BCUT2D eigenvalue weighted by Crippen LogP contribution is 2.28. The smallest absolute Gasteiger partial charge is 0.241 e. The van der Waals surface area contributed by atoms with E-state index in [-0.39, 0.29) is 11.9 Å². The fourth-order valence-electron chi connectivity index (χ4n) is 3.43. The minimum absolute atomic E-state index is 0.110. The number of methoxy groups -OCH3 is 1. The van der Waals surface area contributed by atoms with Crippen molar-refractivity contribution in [1.82, 2.24) is 9.88 Å². The molecule has 1 saturated heterocycles. The average molecular weight is 394 g/mol. The quantitative estimate of drug-likeness (QED) is 0.656. The summed E-state index contributed by atoms with van der Waals surface area (Å²) in [6, 6.07) is 18.1. The molecule has 1 aliphatic heterocycles. The summed E-state index contributed by atoms with van der Waals surface area (Å²) in [6.45, 7) is 3.97. The number of anilines is 1. The Balaban J connectivity index is 1.45. The molecule has 1 atom stereocenters. The molecular weight excluding hydrogens is 370 g/mol. The summed E-state index contributed by atoms with van der Waals surface area (Å²) < 4.78 is 5.29. The lowest BCUT2D eigenvalue weighted by Gasteiger charge is -2.39. The van der Waals surface area contributed by atoms with Crippen LogP contribution < -0.4 is 9.64 Å². The van der Waals surface area contributed by atoms with E-state index in [1.165, 1.54) is 4.88 Å². The van der Waals surface area contributed by atoms with E-state index < -0.39 is 0 Å². The third kappa shape index (κ3) is 3.93. The number of nitrogens with zero attached hydrogens (tertiary/aromatic N) is 3. The van der Waals surface area contributed by atoms with Gasteiger partial charge in [0.25, 0.3) is 0 Å². The van der Waals surface area contributed by atoms with Gasteiger partial charge in [-0.05, 0) is 19.1 Å². The highest BCUT2D eigenvalue weighted by Gasteiger charge is 2.30. The van der Waals surface area contributed by atoms with Crippen molar-refractivity contribution in [3.05, 3.63) is 65.7 Å². The minimum atomic E-state index is 0.110. The lowest BCUT2D eigenvalue weighted by atomic mass is 10.1. The van der Waals surface area contributed by atoms with E-state index in [9.17, 15) is 4.79 Å². The van der Waals surface area contributed by atoms with Gasteiger partial charge in [-0.3, -0.25) is 9.69 Å². The molecule has 0 saturated carbocycles. The van der Waals surface area contributed by atoms with Gasteiger partial charge in [0, 0.05) is 47.5 Å². The molecule has 0 bridgehead atoms. The van der Waals surface area contributed by atoms with Gasteiger partial charge in [0.2, 0.25) is 5.91 Å². The van der Waals surface area contributed by atoms with Crippen LogP contribution in [0.2, 0.25) is 0 Å². The lowest BCUT2D eigenvalue weighted by molar-refractivity contribution is -0.122. The third-order valence-corrected chi connectivity index (χ3v) is 6.04. The summed E-state index contributed by atoms with van der Waals surface area (Å²) in [5.74, 6) is 0.873. The molecule has 1 aromatic heterocycles. The molecule has 0 N–H and O–H groups in total. The predicted molar refractivity (Wildman–Crippen MR) is 113 cm³/mol. The monoisotopic (exact) mass is 393 g/mol. The molecule has 0 radical (unpaired) electrons. The molecule has 0 unspecified atom stereocenters. The van der Waals surface area contributed by atoms with Gasteiger partial charge in [-0.25, -0.2) is 4.98 Å². The second-order valence-corrected chi connectivity index (χ2v) is 8.07. The zero-order valence-corrected chi connectivity index (χ0v) is 16.9. The third-order valence-electron chi connectivity index (χ3n) is 5.01. The fourth-order valence-corrected chi connectivity index (χ4v) is 4.37. The van der Waals surface area contributed by atoms with Crippen LogP contribution in [0.1, 0.15) is 11.8 Å². The topological polar surface area (TPSA) is 45.7 Å². The van der Waals surface area contributed by atoms with Crippen LogP contribution in [0.5, 0.6) is 5.75 Å². The largest absolute Gasteiger partial charge is 0.497 e. The van der Waals surface area contributed by atoms with Crippen LogP contribution in [0.25, 0.3) is 10.6 Å². The molecular formula is C22H23N3O2S. The van der Waals surface area contributed by atoms with Gasteiger partial charge in [-0.2, -0.15) is 0 Å². The maximum absolute atomic E-state index is 12.8. The lowest BCUT2D eigenvalue weighted by Crippen LogP contribution is -2.54.